The van der Waals surface area contributed by atoms with Crippen LogP contribution in [0.3, 0.4) is 0 Å². The average molecular weight is 1340 g/mol. The van der Waals surface area contributed by atoms with E-state index >= 15 is 0 Å². The van der Waals surface area contributed by atoms with E-state index in [-0.39, 0.29) is 84.0 Å². The van der Waals surface area contributed by atoms with Gasteiger partial charge in [0.1, 0.15) is 22.8 Å². The lowest BCUT2D eigenvalue weighted by Crippen LogP contribution is -2.45. The van der Waals surface area contributed by atoms with Crippen LogP contribution in [-0.4, -0.2) is 87.5 Å². The van der Waals surface area contributed by atoms with E-state index in [0.717, 1.165) is 104 Å². The number of carbonyl (C=O) groups excluding carboxylic acids is 3. The summed E-state index contributed by atoms with van der Waals surface area (Å²) in [5.74, 6) is -2.71. The summed E-state index contributed by atoms with van der Waals surface area (Å²) in [4.78, 5) is 48.0. The van der Waals surface area contributed by atoms with Crippen LogP contribution in [0.25, 0.3) is 34.4 Å². The first-order valence-corrected chi connectivity index (χ1v) is 34.0. The number of alkyl halides is 2. The van der Waals surface area contributed by atoms with Crippen molar-refractivity contribution >= 4 is 64.7 Å². The van der Waals surface area contributed by atoms with E-state index in [1.54, 1.807) is 7.05 Å². The number of benzene rings is 4. The lowest BCUT2D eigenvalue weighted by molar-refractivity contribution is -0.291. The molecule has 4 aliphatic rings. The maximum absolute atomic E-state index is 14.2. The van der Waals surface area contributed by atoms with Crippen molar-refractivity contribution in [2.45, 2.75) is 220 Å². The maximum atomic E-state index is 14.2. The van der Waals surface area contributed by atoms with Gasteiger partial charge in [0.25, 0.3) is 0 Å². The molecule has 6 aromatic rings. The number of fused-ring (bicyclic) bond motifs is 4. The summed E-state index contributed by atoms with van der Waals surface area (Å²) >= 11 is 9.53. The Morgan fingerprint density at radius 1 is 0.611 bits per heavy atom. The zero-order valence-electron chi connectivity index (χ0n) is 57.8. The van der Waals surface area contributed by atoms with Crippen molar-refractivity contribution in [2.24, 2.45) is 0 Å². The second-order valence-corrected chi connectivity index (χ2v) is 29.1. The molecular formula is C77H95Cl2F2N5O9. The van der Waals surface area contributed by atoms with E-state index in [9.17, 15) is 23.2 Å². The Kier molecular flexibility index (Phi) is 24.4. The predicted octanol–water partition coefficient (Wildman–Crippen LogP) is 17.5. The molecule has 0 bridgehead atoms. The number of hydrogen-bond acceptors (Lipinski definition) is 12. The Balaban J connectivity index is 0.000000235. The van der Waals surface area contributed by atoms with Crippen LogP contribution < -0.4 is 16.4 Å². The number of nitrogens with two attached hydrogens (primary N) is 1. The topological polar surface area (TPSA) is 182 Å². The Bertz CT molecular complexity index is 3760. The van der Waals surface area contributed by atoms with Gasteiger partial charge in [-0.05, 0) is 211 Å². The molecule has 2 fully saturated rings. The summed E-state index contributed by atoms with van der Waals surface area (Å²) in [5, 5.41) is 5.69. The van der Waals surface area contributed by atoms with Crippen molar-refractivity contribution in [1.29, 1.82) is 0 Å². The van der Waals surface area contributed by atoms with Gasteiger partial charge in [0.2, 0.25) is 0 Å². The molecule has 0 saturated carbocycles. The number of nitrogens with one attached hydrogen (secondary N) is 2. The van der Waals surface area contributed by atoms with E-state index in [0.29, 0.717) is 31.4 Å². The number of pyridine rings is 2. The molecule has 4 heterocycles. The van der Waals surface area contributed by atoms with Gasteiger partial charge >= 0.3 is 18.0 Å². The Labute approximate surface area is 570 Å². The average Bonchev–Trinajstić information content (AvgIpc) is 1.76. The van der Waals surface area contributed by atoms with E-state index in [2.05, 4.69) is 74.8 Å². The molecule has 10 rings (SSSR count). The summed E-state index contributed by atoms with van der Waals surface area (Å²) in [6, 6.07) is 25.3. The number of ether oxygens (including phenoxy) is 6. The first-order chi connectivity index (χ1) is 44.7. The normalized spacial score (nSPS) is 19.0. The second-order valence-electron chi connectivity index (χ2n) is 28.3. The third kappa shape index (κ3) is 20.5. The molecule has 14 nitrogen and oxygen atoms in total. The minimum absolute atomic E-state index is 0.107. The largest absolute Gasteiger partial charge is 0.460 e. The summed E-state index contributed by atoms with van der Waals surface area (Å²) < 4.78 is 64.4. The number of aromatic nitrogens is 2. The summed E-state index contributed by atoms with van der Waals surface area (Å²) in [6.07, 6.45) is 12.7. The van der Waals surface area contributed by atoms with Crippen LogP contribution in [0.15, 0.2) is 97.1 Å². The zero-order valence-corrected chi connectivity index (χ0v) is 59.3. The molecule has 2 saturated heterocycles. The van der Waals surface area contributed by atoms with Gasteiger partial charge in [0.15, 0.2) is 11.6 Å². The number of aryl methyl sites for hydroxylation is 4. The lowest BCUT2D eigenvalue weighted by Gasteiger charge is -2.40. The van der Waals surface area contributed by atoms with E-state index in [1.807, 2.05) is 118 Å². The number of halogens is 4. The molecule has 95 heavy (non-hydrogen) atoms. The molecule has 4 N–H and O–H groups in total. The van der Waals surface area contributed by atoms with Crippen LogP contribution in [0.2, 0.25) is 0 Å². The molecular weight excluding hydrogens is 1250 g/mol. The maximum Gasteiger partial charge on any atom is 0.318 e. The number of carbonyl (C=O) groups is 3. The third-order valence-electron chi connectivity index (χ3n) is 16.5. The SMILES string of the molecule is CC(C)c1nc2c(c(-c3ccc(F)cc3)c1/C=C/[C@@H]1C[C@H](CC(=O)OC(C)(C)C)OC(C)(C)O1)Cc1cc(N)ccc1CC2.CNC(=O)Nc1ccc2c(c1)Cc1c(nc(C(C)C)c(/C=C/[C@@H]3C[C@H](CC(=O)OC(C)(C)C)OC(C)(C)O3)c1-c1ccc(F)cc1)CC2.ClCCl. The number of amides is 2. The Morgan fingerprint density at radius 2 is 1.01 bits per heavy atom. The van der Waals surface area contributed by atoms with E-state index in [4.69, 9.17) is 67.3 Å². The van der Waals surface area contributed by atoms with Crippen molar-refractivity contribution in [3.63, 3.8) is 0 Å². The Hall–Kier alpha value is -7.05. The molecule has 0 unspecified atom stereocenters. The lowest BCUT2D eigenvalue weighted by atomic mass is 9.86. The molecule has 2 aromatic heterocycles. The van der Waals surface area contributed by atoms with Crippen LogP contribution >= 0.6 is 23.2 Å². The number of urea groups is 1. The highest BCUT2D eigenvalue weighted by Crippen LogP contribution is 2.43. The quantitative estimate of drug-likeness (QED) is 0.0566. The smallest absolute Gasteiger partial charge is 0.318 e. The monoisotopic (exact) mass is 1340 g/mol. The van der Waals surface area contributed by atoms with Crippen LogP contribution in [-0.2, 0) is 76.5 Å². The summed E-state index contributed by atoms with van der Waals surface area (Å²) in [6.45, 7) is 27.1. The highest BCUT2D eigenvalue weighted by Gasteiger charge is 2.39. The highest BCUT2D eigenvalue weighted by atomic mass is 35.5. The molecule has 510 valence electrons. The van der Waals surface area contributed by atoms with Crippen molar-refractivity contribution in [3.05, 3.63) is 176 Å². The first kappa shape index (κ1) is 73.8. The third-order valence-corrected chi connectivity index (χ3v) is 16.5. The molecule has 0 spiro atoms. The molecule has 2 aliphatic heterocycles. The summed E-state index contributed by atoms with van der Waals surface area (Å²) in [5.41, 5.74) is 23.4. The molecule has 4 aromatic carbocycles. The standard InChI is InChI=1S/C39H48FN3O5.C37H45FN2O4.CH2Cl2/c1-23(2)36-31(17-16-29-21-30(47-39(6,7)46-29)22-34(44)48-38(3,4)5)35(25-9-13-27(40)14-10-25)32-20-26-19-28(42-37(45)41-8)15-11-24(26)12-18-33(32)43-36;1-22(2)35-30(16-15-28-20-29(43-37(6,7)42-28)21-33(41)44-36(3,4)5)34(24-8-12-26(38)13-9-24)31-19-25-18-27(39)14-10-23(25)11-17-32(31)40-35;2-1-3/h9-11,13-17,19,23,29-30H,12,18,20-22H2,1-8H3,(H2,41,42,45);8-10,12-16,18,22,28-29H,11,17,19-21,39H2,1-7H3;1H2/b17-16+;16-15+;/t29-,30-;28-,29-;/m11./s1. The van der Waals surface area contributed by atoms with Gasteiger partial charge in [-0.3, -0.25) is 19.6 Å². The van der Waals surface area contributed by atoms with Crippen molar-refractivity contribution in [2.75, 3.05) is 23.4 Å². The number of nitrogen functional groups attached to an aromatic ring is 1. The number of esters is 2. The van der Waals surface area contributed by atoms with Gasteiger partial charge in [-0.25, -0.2) is 13.6 Å². The van der Waals surface area contributed by atoms with Gasteiger partial charge in [-0.15, -0.1) is 23.2 Å². The van der Waals surface area contributed by atoms with Crippen LogP contribution in [0, 0.1) is 11.6 Å². The molecule has 2 aliphatic carbocycles. The minimum atomic E-state index is -0.906. The summed E-state index contributed by atoms with van der Waals surface area (Å²) in [7, 11) is 1.59. The molecule has 4 atom stereocenters. The van der Waals surface area contributed by atoms with Crippen LogP contribution in [0.4, 0.5) is 25.0 Å². The van der Waals surface area contributed by atoms with Crippen molar-refractivity contribution in [1.82, 2.24) is 15.3 Å². The van der Waals surface area contributed by atoms with Crippen molar-refractivity contribution < 1.29 is 51.6 Å². The zero-order chi connectivity index (χ0) is 69.3. The fourth-order valence-electron chi connectivity index (χ4n) is 12.9. The highest BCUT2D eigenvalue weighted by molar-refractivity contribution is 6.40. The van der Waals surface area contributed by atoms with Crippen LogP contribution in [0.1, 0.15) is 202 Å². The second kappa shape index (κ2) is 31.4. The fourth-order valence-corrected chi connectivity index (χ4v) is 12.9. The predicted molar refractivity (Wildman–Crippen MR) is 376 cm³/mol. The van der Waals surface area contributed by atoms with E-state index in [1.165, 1.54) is 41.0 Å². The Morgan fingerprint density at radius 3 is 1.40 bits per heavy atom. The van der Waals surface area contributed by atoms with E-state index < -0.39 is 22.8 Å². The fraction of sp³-hybridized carbons (Fsp3) is 0.468. The van der Waals surface area contributed by atoms with Crippen molar-refractivity contribution in [3.8, 4) is 22.3 Å². The van der Waals surface area contributed by atoms with Gasteiger partial charge in [-0.2, -0.15) is 0 Å². The number of rotatable bonds is 13. The first-order valence-electron chi connectivity index (χ1n) is 32.9. The van der Waals surface area contributed by atoms with Crippen LogP contribution in [0.5, 0.6) is 0 Å². The van der Waals surface area contributed by atoms with Gasteiger partial charge in [0.05, 0.1) is 54.0 Å². The number of anilines is 2. The van der Waals surface area contributed by atoms with Gasteiger partial charge in [-0.1, -0.05) is 88.4 Å². The molecule has 0 radical (unpaired) electrons. The molecule has 2 amide bonds. The number of nitrogens with zero attached hydrogens (tertiary/aromatic N) is 2. The minimum Gasteiger partial charge on any atom is -0.460 e. The number of hydrogen-bond donors (Lipinski definition) is 3. The van der Waals surface area contributed by atoms with Gasteiger partial charge < -0.3 is 44.8 Å². The molecule has 18 heteroatoms. The van der Waals surface area contributed by atoms with Gasteiger partial charge in [0, 0.05) is 66.6 Å².